The van der Waals surface area contributed by atoms with Gasteiger partial charge in [-0.05, 0) is 49.1 Å². The summed E-state index contributed by atoms with van der Waals surface area (Å²) < 4.78 is 3.67. The summed E-state index contributed by atoms with van der Waals surface area (Å²) >= 11 is 1.84. The fourth-order valence-electron chi connectivity index (χ4n) is 4.31. The van der Waals surface area contributed by atoms with Gasteiger partial charge in [0.1, 0.15) is 16.9 Å². The molecule has 146 valence electrons. The number of aryl methyl sites for hydroxylation is 3. The molecule has 0 amide bonds. The van der Waals surface area contributed by atoms with Crippen LogP contribution in [0.3, 0.4) is 0 Å². The smallest absolute Gasteiger partial charge is 0.202 e. The van der Waals surface area contributed by atoms with Gasteiger partial charge >= 0.3 is 0 Å². The van der Waals surface area contributed by atoms with E-state index in [1.54, 1.807) is 6.33 Å². The molecule has 0 N–H and O–H groups in total. The summed E-state index contributed by atoms with van der Waals surface area (Å²) in [5, 5.41) is 10.4. The molecule has 0 bridgehead atoms. The third-order valence-corrected chi connectivity index (χ3v) is 7.91. The molecule has 1 aliphatic carbocycles. The Morgan fingerprint density at radius 1 is 1.29 bits per heavy atom. The van der Waals surface area contributed by atoms with E-state index in [9.17, 15) is 0 Å². The Bertz CT molecular complexity index is 1180. The molecule has 28 heavy (non-hydrogen) atoms. The second-order valence-electron chi connectivity index (χ2n) is 8.71. The highest BCUT2D eigenvalue weighted by molar-refractivity contribution is 7.19. The monoisotopic (exact) mass is 394 g/mol. The van der Waals surface area contributed by atoms with E-state index in [0.29, 0.717) is 11.2 Å². The molecule has 4 aromatic heterocycles. The summed E-state index contributed by atoms with van der Waals surface area (Å²) in [4.78, 5) is 12.2. The first-order valence-electron chi connectivity index (χ1n) is 10.0. The van der Waals surface area contributed by atoms with Gasteiger partial charge in [0.05, 0.1) is 5.39 Å². The molecule has 0 aliphatic heterocycles. The number of nitrogens with zero attached hydrogens (tertiary/aromatic N) is 6. The van der Waals surface area contributed by atoms with Gasteiger partial charge in [0.15, 0.2) is 5.65 Å². The Morgan fingerprint density at radius 3 is 2.82 bits per heavy atom. The Kier molecular flexibility index (Phi) is 3.88. The van der Waals surface area contributed by atoms with Crippen molar-refractivity contribution < 1.29 is 0 Å². The molecular weight excluding hydrogens is 368 g/mol. The van der Waals surface area contributed by atoms with E-state index in [1.807, 2.05) is 40.6 Å². The molecule has 0 fully saturated rings. The summed E-state index contributed by atoms with van der Waals surface area (Å²) in [6.45, 7) is 9.16. The van der Waals surface area contributed by atoms with E-state index in [1.165, 1.54) is 28.7 Å². The fourth-order valence-corrected chi connectivity index (χ4v) is 5.57. The summed E-state index contributed by atoms with van der Waals surface area (Å²) in [6, 6.07) is 2.03. The molecule has 7 heteroatoms. The van der Waals surface area contributed by atoms with Crippen LogP contribution in [0.15, 0.2) is 12.4 Å². The molecule has 0 spiro atoms. The van der Waals surface area contributed by atoms with Crippen molar-refractivity contribution in [1.29, 1.82) is 0 Å². The second kappa shape index (κ2) is 6.11. The SMILES string of the molecule is CCC(C)(C)C1CCc2c(sc3ncn4nc(-c5cc(C)n(C)n5)nc4c23)C1. The molecular formula is C21H26N6S. The maximum atomic E-state index is 4.87. The van der Waals surface area contributed by atoms with Crippen molar-refractivity contribution in [3.8, 4) is 11.5 Å². The van der Waals surface area contributed by atoms with E-state index in [0.717, 1.165) is 40.6 Å². The lowest BCUT2D eigenvalue weighted by atomic mass is 9.70. The fraction of sp³-hybridized carbons (Fsp3) is 0.524. The maximum Gasteiger partial charge on any atom is 0.202 e. The van der Waals surface area contributed by atoms with Crippen LogP contribution in [-0.2, 0) is 19.9 Å². The molecule has 6 nitrogen and oxygen atoms in total. The predicted molar refractivity (Wildman–Crippen MR) is 113 cm³/mol. The highest BCUT2D eigenvalue weighted by Crippen LogP contribution is 2.45. The van der Waals surface area contributed by atoms with Gasteiger partial charge in [-0.15, -0.1) is 16.4 Å². The lowest BCUT2D eigenvalue weighted by Crippen LogP contribution is -2.28. The van der Waals surface area contributed by atoms with E-state index in [4.69, 9.17) is 9.97 Å². The standard InChI is InChI=1S/C21H26N6S/c1-6-21(3,4)13-7-8-14-16(10-13)28-20-17(14)19-23-18(25-27(19)11-22-20)15-9-12(2)26(5)24-15/h9,11,13H,6-8,10H2,1-5H3. The second-order valence-corrected chi connectivity index (χ2v) is 9.79. The van der Waals surface area contributed by atoms with E-state index in [-0.39, 0.29) is 0 Å². The van der Waals surface area contributed by atoms with Crippen molar-refractivity contribution in [2.24, 2.45) is 18.4 Å². The number of fused-ring (bicyclic) bond motifs is 5. The van der Waals surface area contributed by atoms with E-state index < -0.39 is 0 Å². The van der Waals surface area contributed by atoms with Crippen LogP contribution in [0.2, 0.25) is 0 Å². The molecule has 0 saturated carbocycles. The number of aromatic nitrogens is 6. The molecule has 0 saturated heterocycles. The zero-order chi connectivity index (χ0) is 19.6. The third kappa shape index (κ3) is 2.59. The van der Waals surface area contributed by atoms with Crippen LogP contribution in [0, 0.1) is 18.3 Å². The summed E-state index contributed by atoms with van der Waals surface area (Å²) in [5.74, 6) is 1.40. The lowest BCUT2D eigenvalue weighted by Gasteiger charge is -2.36. The minimum absolute atomic E-state index is 0.384. The van der Waals surface area contributed by atoms with Gasteiger partial charge in [0, 0.05) is 17.6 Å². The van der Waals surface area contributed by atoms with Crippen LogP contribution < -0.4 is 0 Å². The highest BCUT2D eigenvalue weighted by atomic mass is 32.1. The van der Waals surface area contributed by atoms with Crippen molar-refractivity contribution in [2.45, 2.75) is 53.4 Å². The Labute approximate surface area is 168 Å². The number of thiophene rings is 1. The molecule has 1 aliphatic rings. The first-order chi connectivity index (χ1) is 13.4. The van der Waals surface area contributed by atoms with Gasteiger partial charge in [-0.1, -0.05) is 27.2 Å². The van der Waals surface area contributed by atoms with Crippen LogP contribution in [0.1, 0.15) is 49.7 Å². The third-order valence-electron chi connectivity index (χ3n) is 6.75. The first kappa shape index (κ1) is 17.8. The van der Waals surface area contributed by atoms with Gasteiger partial charge in [-0.25, -0.2) is 14.5 Å². The lowest BCUT2D eigenvalue weighted by molar-refractivity contribution is 0.184. The van der Waals surface area contributed by atoms with E-state index in [2.05, 4.69) is 31.0 Å². The molecule has 0 aromatic carbocycles. The quantitative estimate of drug-likeness (QED) is 0.510. The minimum atomic E-state index is 0.384. The number of hydrogen-bond acceptors (Lipinski definition) is 5. The molecule has 5 rings (SSSR count). The molecule has 1 atom stereocenters. The maximum absolute atomic E-state index is 4.87. The largest absolute Gasteiger partial charge is 0.272 e. The highest BCUT2D eigenvalue weighted by Gasteiger charge is 2.33. The van der Waals surface area contributed by atoms with Gasteiger partial charge < -0.3 is 0 Å². The van der Waals surface area contributed by atoms with Crippen molar-refractivity contribution >= 4 is 27.2 Å². The predicted octanol–water partition coefficient (Wildman–Crippen LogP) is 4.59. The first-order valence-corrected chi connectivity index (χ1v) is 10.9. The molecule has 1 unspecified atom stereocenters. The molecule has 4 heterocycles. The van der Waals surface area contributed by atoms with Crippen LogP contribution in [0.4, 0.5) is 0 Å². The summed E-state index contributed by atoms with van der Waals surface area (Å²) in [6.07, 6.45) is 6.51. The zero-order valence-electron chi connectivity index (χ0n) is 17.2. The summed E-state index contributed by atoms with van der Waals surface area (Å²) in [7, 11) is 1.94. The normalized spacial score (nSPS) is 17.5. The molecule has 0 radical (unpaired) electrons. The number of hydrogen-bond donors (Lipinski definition) is 0. The van der Waals surface area contributed by atoms with Gasteiger partial charge in [0.2, 0.25) is 5.82 Å². The van der Waals surface area contributed by atoms with E-state index >= 15 is 0 Å². The minimum Gasteiger partial charge on any atom is -0.272 e. The van der Waals surface area contributed by atoms with Crippen molar-refractivity contribution in [3.63, 3.8) is 0 Å². The van der Waals surface area contributed by atoms with Crippen LogP contribution in [0.5, 0.6) is 0 Å². The zero-order valence-corrected chi connectivity index (χ0v) is 18.0. The molecule has 4 aromatic rings. The van der Waals surface area contributed by atoms with Crippen molar-refractivity contribution in [3.05, 3.63) is 28.5 Å². The van der Waals surface area contributed by atoms with Gasteiger partial charge in [-0.3, -0.25) is 4.68 Å². The Balaban J connectivity index is 1.63. The topological polar surface area (TPSA) is 60.9 Å². The van der Waals surface area contributed by atoms with Gasteiger partial charge in [-0.2, -0.15) is 5.10 Å². The Hall–Kier alpha value is -2.28. The average Bonchev–Trinajstić information content (AvgIpc) is 3.35. The van der Waals surface area contributed by atoms with Crippen LogP contribution >= 0.6 is 11.3 Å². The Morgan fingerprint density at radius 2 is 2.11 bits per heavy atom. The van der Waals surface area contributed by atoms with Crippen molar-refractivity contribution in [2.75, 3.05) is 0 Å². The summed E-state index contributed by atoms with van der Waals surface area (Å²) in [5.41, 5.74) is 4.64. The van der Waals surface area contributed by atoms with Crippen molar-refractivity contribution in [1.82, 2.24) is 29.4 Å². The van der Waals surface area contributed by atoms with Crippen LogP contribution in [-0.4, -0.2) is 29.4 Å². The van der Waals surface area contributed by atoms with Gasteiger partial charge in [0.25, 0.3) is 0 Å². The average molecular weight is 395 g/mol. The van der Waals surface area contributed by atoms with Crippen LogP contribution in [0.25, 0.3) is 27.4 Å². The number of rotatable bonds is 3.